The molecule has 2 heterocycles. The van der Waals surface area contributed by atoms with Crippen LogP contribution in [0.4, 0.5) is 0 Å². The number of aryl methyl sites for hydroxylation is 4. The lowest BCUT2D eigenvalue weighted by Crippen LogP contribution is -2.37. The Morgan fingerprint density at radius 1 is 1.17 bits per heavy atom. The van der Waals surface area contributed by atoms with Gasteiger partial charge in [0, 0.05) is 24.0 Å². The molecule has 0 unspecified atom stereocenters. The lowest BCUT2D eigenvalue weighted by molar-refractivity contribution is 0.392. The summed E-state index contributed by atoms with van der Waals surface area (Å²) in [6, 6.07) is 0. The highest BCUT2D eigenvalue weighted by Crippen LogP contribution is 2.16. The molecule has 0 fully saturated rings. The van der Waals surface area contributed by atoms with Crippen LogP contribution in [0.5, 0.6) is 0 Å². The SMILES string of the molecule is CN=C(NCCCc1c(C)noc1C)NCc1nc(C)c(C)s1.I. The van der Waals surface area contributed by atoms with Crippen LogP contribution in [0.3, 0.4) is 0 Å². The third-order valence-corrected chi connectivity index (χ3v) is 4.85. The number of guanidine groups is 1. The summed E-state index contributed by atoms with van der Waals surface area (Å²) >= 11 is 1.72. The Labute approximate surface area is 164 Å². The van der Waals surface area contributed by atoms with Gasteiger partial charge in [0.05, 0.1) is 17.9 Å². The van der Waals surface area contributed by atoms with Gasteiger partial charge in [-0.1, -0.05) is 5.16 Å². The standard InChI is InChI=1S/C16H25N5OS.HI/c1-10-13(4)23-15(20-10)9-19-16(17-5)18-8-6-7-14-11(2)21-22-12(14)3;/h6-9H2,1-5H3,(H2,17,18,19);1H. The number of hydrogen-bond donors (Lipinski definition) is 2. The third-order valence-electron chi connectivity index (χ3n) is 3.78. The number of hydrogen-bond acceptors (Lipinski definition) is 5. The lowest BCUT2D eigenvalue weighted by Gasteiger charge is -2.10. The minimum absolute atomic E-state index is 0. The zero-order valence-electron chi connectivity index (χ0n) is 14.9. The van der Waals surface area contributed by atoms with E-state index in [2.05, 4.69) is 32.7 Å². The van der Waals surface area contributed by atoms with E-state index < -0.39 is 0 Å². The molecule has 0 aliphatic heterocycles. The number of nitrogens with zero attached hydrogens (tertiary/aromatic N) is 3. The second-order valence-electron chi connectivity index (χ2n) is 5.51. The summed E-state index contributed by atoms with van der Waals surface area (Å²) in [6.45, 7) is 9.62. The van der Waals surface area contributed by atoms with Crippen LogP contribution in [0.2, 0.25) is 0 Å². The first kappa shape index (κ1) is 20.9. The van der Waals surface area contributed by atoms with Crippen molar-refractivity contribution in [3.63, 3.8) is 0 Å². The van der Waals surface area contributed by atoms with E-state index in [-0.39, 0.29) is 24.0 Å². The van der Waals surface area contributed by atoms with Gasteiger partial charge in [0.15, 0.2) is 5.96 Å². The third kappa shape index (κ3) is 5.73. The molecule has 0 aliphatic carbocycles. The molecule has 2 rings (SSSR count). The minimum atomic E-state index is 0. The summed E-state index contributed by atoms with van der Waals surface area (Å²) < 4.78 is 5.18. The molecular weight excluding hydrogens is 437 g/mol. The van der Waals surface area contributed by atoms with Crippen molar-refractivity contribution in [1.29, 1.82) is 0 Å². The van der Waals surface area contributed by atoms with Crippen LogP contribution in [0.25, 0.3) is 0 Å². The fourth-order valence-electron chi connectivity index (χ4n) is 2.33. The van der Waals surface area contributed by atoms with Gasteiger partial charge in [0.2, 0.25) is 0 Å². The van der Waals surface area contributed by atoms with Crippen molar-refractivity contribution < 1.29 is 4.52 Å². The van der Waals surface area contributed by atoms with Crippen LogP contribution in [0.1, 0.15) is 39.0 Å². The Morgan fingerprint density at radius 3 is 2.46 bits per heavy atom. The monoisotopic (exact) mass is 463 g/mol. The largest absolute Gasteiger partial charge is 0.361 e. The van der Waals surface area contributed by atoms with E-state index in [0.29, 0.717) is 6.54 Å². The maximum absolute atomic E-state index is 5.18. The first-order chi connectivity index (χ1) is 11.0. The average Bonchev–Trinajstić information content (AvgIpc) is 3.02. The van der Waals surface area contributed by atoms with E-state index in [0.717, 1.165) is 47.5 Å². The molecule has 2 aromatic rings. The van der Waals surface area contributed by atoms with E-state index in [4.69, 9.17) is 4.52 Å². The Bertz CT molecular complexity index is 641. The second kappa shape index (κ2) is 9.97. The highest BCUT2D eigenvalue weighted by Gasteiger charge is 2.08. The fourth-order valence-corrected chi connectivity index (χ4v) is 3.20. The zero-order valence-corrected chi connectivity index (χ0v) is 18.0. The van der Waals surface area contributed by atoms with Crippen molar-refractivity contribution in [2.24, 2.45) is 4.99 Å². The molecule has 0 bridgehead atoms. The number of aromatic nitrogens is 2. The molecule has 0 amide bonds. The van der Waals surface area contributed by atoms with E-state index in [1.807, 2.05) is 20.8 Å². The quantitative estimate of drug-likeness (QED) is 0.298. The Hall–Kier alpha value is -1.16. The molecule has 24 heavy (non-hydrogen) atoms. The number of halogens is 1. The van der Waals surface area contributed by atoms with Gasteiger partial charge in [-0.3, -0.25) is 4.99 Å². The number of rotatable bonds is 6. The molecule has 0 spiro atoms. The van der Waals surface area contributed by atoms with Gasteiger partial charge >= 0.3 is 0 Å². The smallest absolute Gasteiger partial charge is 0.191 e. The number of aliphatic imine (C=N–C) groups is 1. The van der Waals surface area contributed by atoms with Gasteiger partial charge in [-0.05, 0) is 40.5 Å². The summed E-state index contributed by atoms with van der Waals surface area (Å²) in [5, 5.41) is 11.7. The fraction of sp³-hybridized carbons (Fsp3) is 0.562. The van der Waals surface area contributed by atoms with Crippen LogP contribution >= 0.6 is 35.3 Å². The molecule has 0 aromatic carbocycles. The molecule has 8 heteroatoms. The molecule has 6 nitrogen and oxygen atoms in total. The maximum atomic E-state index is 5.18. The lowest BCUT2D eigenvalue weighted by atomic mass is 10.1. The predicted molar refractivity (Wildman–Crippen MR) is 110 cm³/mol. The van der Waals surface area contributed by atoms with Crippen LogP contribution in [0, 0.1) is 27.7 Å². The van der Waals surface area contributed by atoms with Crippen molar-refractivity contribution in [3.8, 4) is 0 Å². The van der Waals surface area contributed by atoms with Gasteiger partial charge in [-0.2, -0.15) is 0 Å². The molecular formula is C16H26IN5OS. The van der Waals surface area contributed by atoms with Crippen molar-refractivity contribution in [2.75, 3.05) is 13.6 Å². The Kier molecular flexibility index (Phi) is 8.68. The molecule has 0 saturated carbocycles. The second-order valence-corrected chi connectivity index (χ2v) is 6.80. The average molecular weight is 463 g/mol. The van der Waals surface area contributed by atoms with Crippen molar-refractivity contribution in [3.05, 3.63) is 32.6 Å². The Balaban J connectivity index is 0.00000288. The molecule has 2 aromatic heterocycles. The molecule has 2 N–H and O–H groups in total. The van der Waals surface area contributed by atoms with E-state index >= 15 is 0 Å². The van der Waals surface area contributed by atoms with Crippen molar-refractivity contribution in [2.45, 2.75) is 47.1 Å². The van der Waals surface area contributed by atoms with Crippen LogP contribution < -0.4 is 10.6 Å². The van der Waals surface area contributed by atoms with Crippen LogP contribution in [0.15, 0.2) is 9.52 Å². The van der Waals surface area contributed by atoms with E-state index in [9.17, 15) is 0 Å². The first-order valence-corrected chi connectivity index (χ1v) is 8.62. The highest BCUT2D eigenvalue weighted by atomic mass is 127. The maximum Gasteiger partial charge on any atom is 0.191 e. The van der Waals surface area contributed by atoms with Crippen molar-refractivity contribution >= 4 is 41.3 Å². The van der Waals surface area contributed by atoms with Gasteiger partial charge in [-0.25, -0.2) is 4.98 Å². The summed E-state index contributed by atoms with van der Waals surface area (Å²) in [5.41, 5.74) is 3.30. The van der Waals surface area contributed by atoms with E-state index in [1.165, 1.54) is 10.4 Å². The highest BCUT2D eigenvalue weighted by molar-refractivity contribution is 14.0. The molecule has 0 saturated heterocycles. The molecule has 0 atom stereocenters. The number of nitrogens with one attached hydrogen (secondary N) is 2. The summed E-state index contributed by atoms with van der Waals surface area (Å²) in [6.07, 6.45) is 1.95. The first-order valence-electron chi connectivity index (χ1n) is 7.80. The minimum Gasteiger partial charge on any atom is -0.361 e. The van der Waals surface area contributed by atoms with Crippen LogP contribution in [-0.2, 0) is 13.0 Å². The summed E-state index contributed by atoms with van der Waals surface area (Å²) in [7, 11) is 1.78. The topological polar surface area (TPSA) is 75.3 Å². The number of thiazole rings is 1. The summed E-state index contributed by atoms with van der Waals surface area (Å²) in [4.78, 5) is 10.0. The molecule has 134 valence electrons. The molecule has 0 radical (unpaired) electrons. The van der Waals surface area contributed by atoms with Gasteiger partial charge in [0.25, 0.3) is 0 Å². The van der Waals surface area contributed by atoms with Gasteiger partial charge in [-0.15, -0.1) is 35.3 Å². The van der Waals surface area contributed by atoms with Gasteiger partial charge in [0.1, 0.15) is 10.8 Å². The normalized spacial score (nSPS) is 11.3. The van der Waals surface area contributed by atoms with Crippen LogP contribution in [-0.4, -0.2) is 29.7 Å². The Morgan fingerprint density at radius 2 is 1.92 bits per heavy atom. The zero-order chi connectivity index (χ0) is 16.8. The molecule has 0 aliphatic rings. The summed E-state index contributed by atoms with van der Waals surface area (Å²) in [5.74, 6) is 1.72. The van der Waals surface area contributed by atoms with Gasteiger partial charge < -0.3 is 15.2 Å². The predicted octanol–water partition coefficient (Wildman–Crippen LogP) is 3.28. The van der Waals surface area contributed by atoms with E-state index in [1.54, 1.807) is 18.4 Å². The van der Waals surface area contributed by atoms with Crippen molar-refractivity contribution in [1.82, 2.24) is 20.8 Å².